The number of hydrogen-bond acceptors (Lipinski definition) is 3. The summed E-state index contributed by atoms with van der Waals surface area (Å²) in [5, 5.41) is 2.85. The molecule has 1 fully saturated rings. The van der Waals surface area contributed by atoms with Crippen molar-refractivity contribution in [1.29, 1.82) is 0 Å². The van der Waals surface area contributed by atoms with Crippen LogP contribution in [-0.2, 0) is 14.9 Å². The van der Waals surface area contributed by atoms with Crippen molar-refractivity contribution in [2.45, 2.75) is 58.0 Å². The maximum absolute atomic E-state index is 11.9. The predicted molar refractivity (Wildman–Crippen MR) is 86.0 cm³/mol. The lowest BCUT2D eigenvalue weighted by Crippen LogP contribution is -2.41. The largest absolute Gasteiger partial charge is 0.444 e. The number of benzene rings is 1. The molecule has 1 N–H and O–H groups in total. The molecule has 1 atom stereocenters. The van der Waals surface area contributed by atoms with Crippen molar-refractivity contribution in [1.82, 2.24) is 5.32 Å². The number of nitrogens with one attached hydrogen (secondary N) is 1. The van der Waals surface area contributed by atoms with Crippen LogP contribution in [-0.4, -0.2) is 24.0 Å². The quantitative estimate of drug-likeness (QED) is 0.929. The van der Waals surface area contributed by atoms with Gasteiger partial charge in [0.15, 0.2) is 0 Å². The predicted octanol–water partition coefficient (Wildman–Crippen LogP) is 3.51. The summed E-state index contributed by atoms with van der Waals surface area (Å²) in [6, 6.07) is 8.19. The van der Waals surface area contributed by atoms with E-state index in [1.54, 1.807) is 0 Å². The fourth-order valence-corrected chi connectivity index (χ4v) is 2.96. The van der Waals surface area contributed by atoms with Gasteiger partial charge in [0.2, 0.25) is 0 Å². The van der Waals surface area contributed by atoms with E-state index in [1.165, 1.54) is 0 Å². The smallest absolute Gasteiger partial charge is 0.407 e. The highest BCUT2D eigenvalue weighted by Gasteiger charge is 2.40. The number of alkyl carbamates (subject to hydrolysis) is 1. The van der Waals surface area contributed by atoms with Crippen molar-refractivity contribution >= 4 is 11.9 Å². The first kappa shape index (κ1) is 16.5. The first-order valence-corrected chi connectivity index (χ1v) is 7.76. The van der Waals surface area contributed by atoms with Gasteiger partial charge < -0.3 is 10.1 Å². The van der Waals surface area contributed by atoms with E-state index in [1.807, 2.05) is 45.9 Å². The number of hydrogen-bond donors (Lipinski definition) is 1. The van der Waals surface area contributed by atoms with Gasteiger partial charge in [-0.1, -0.05) is 29.8 Å². The molecule has 1 aliphatic rings. The topological polar surface area (TPSA) is 55.4 Å². The van der Waals surface area contributed by atoms with Crippen LogP contribution in [0.15, 0.2) is 24.3 Å². The number of amides is 1. The van der Waals surface area contributed by atoms with Gasteiger partial charge in [-0.25, -0.2) is 4.79 Å². The molecule has 1 amide bonds. The van der Waals surface area contributed by atoms with Crippen molar-refractivity contribution in [2.75, 3.05) is 6.54 Å². The van der Waals surface area contributed by atoms with Gasteiger partial charge in [0.05, 0.1) is 0 Å². The zero-order valence-corrected chi connectivity index (χ0v) is 13.9. The lowest BCUT2D eigenvalue weighted by Gasteiger charge is -2.30. The molecule has 1 unspecified atom stereocenters. The molecule has 0 aliphatic heterocycles. The summed E-state index contributed by atoms with van der Waals surface area (Å²) in [6.45, 7) is 7.97. The normalized spacial score (nSPS) is 21.7. The number of aryl methyl sites for hydroxylation is 1. The fourth-order valence-electron chi connectivity index (χ4n) is 2.96. The number of carbonyl (C=O) groups is 2. The third kappa shape index (κ3) is 4.09. The SMILES string of the molecule is Cc1cccc(C2(CNC(=O)OC(C)(C)C)CCC(=O)C2)c1. The molecule has 0 heterocycles. The van der Waals surface area contributed by atoms with Crippen molar-refractivity contribution in [3.05, 3.63) is 35.4 Å². The van der Waals surface area contributed by atoms with Crippen LogP contribution < -0.4 is 5.32 Å². The van der Waals surface area contributed by atoms with E-state index >= 15 is 0 Å². The first-order valence-electron chi connectivity index (χ1n) is 7.76. The molecule has 0 radical (unpaired) electrons. The summed E-state index contributed by atoms with van der Waals surface area (Å²) < 4.78 is 5.29. The molecular formula is C18H25NO3. The second-order valence-corrected chi connectivity index (χ2v) is 7.22. The Morgan fingerprint density at radius 2 is 2.09 bits per heavy atom. The summed E-state index contributed by atoms with van der Waals surface area (Å²) >= 11 is 0. The van der Waals surface area contributed by atoms with Gasteiger partial charge in [-0.05, 0) is 39.7 Å². The van der Waals surface area contributed by atoms with Crippen LogP contribution in [0.3, 0.4) is 0 Å². The van der Waals surface area contributed by atoms with Gasteiger partial charge in [0, 0.05) is 24.8 Å². The lowest BCUT2D eigenvalue weighted by molar-refractivity contribution is -0.117. The van der Waals surface area contributed by atoms with Gasteiger partial charge in [0.1, 0.15) is 11.4 Å². The average Bonchev–Trinajstić information content (AvgIpc) is 2.78. The minimum atomic E-state index is -0.522. The Hall–Kier alpha value is -1.84. The van der Waals surface area contributed by atoms with Crippen LogP contribution in [0, 0.1) is 6.92 Å². The number of ether oxygens (including phenoxy) is 1. The van der Waals surface area contributed by atoms with Crippen LogP contribution in [0.2, 0.25) is 0 Å². The lowest BCUT2D eigenvalue weighted by atomic mass is 9.78. The molecule has 1 aliphatic carbocycles. The molecule has 22 heavy (non-hydrogen) atoms. The maximum atomic E-state index is 11.9. The Morgan fingerprint density at radius 1 is 1.36 bits per heavy atom. The van der Waals surface area contributed by atoms with Gasteiger partial charge in [0.25, 0.3) is 0 Å². The molecule has 0 aromatic heterocycles. The van der Waals surface area contributed by atoms with E-state index in [-0.39, 0.29) is 11.2 Å². The highest BCUT2D eigenvalue weighted by molar-refractivity contribution is 5.83. The summed E-state index contributed by atoms with van der Waals surface area (Å²) in [7, 11) is 0. The number of ketones is 1. The molecule has 1 saturated carbocycles. The Labute approximate surface area is 132 Å². The standard InChI is InChI=1S/C18H25NO3/c1-13-6-5-7-14(10-13)18(9-8-15(20)11-18)12-19-16(21)22-17(2,3)4/h5-7,10H,8-9,11-12H2,1-4H3,(H,19,21). The Balaban J connectivity index is 2.14. The van der Waals surface area contributed by atoms with E-state index in [0.717, 1.165) is 17.5 Å². The zero-order chi connectivity index (χ0) is 16.4. The van der Waals surface area contributed by atoms with Crippen molar-refractivity contribution in [2.24, 2.45) is 0 Å². The average molecular weight is 303 g/mol. The second-order valence-electron chi connectivity index (χ2n) is 7.22. The monoisotopic (exact) mass is 303 g/mol. The Bertz CT molecular complexity index is 574. The molecule has 0 spiro atoms. The molecule has 4 nitrogen and oxygen atoms in total. The molecule has 0 saturated heterocycles. The van der Waals surface area contributed by atoms with Gasteiger partial charge in [-0.15, -0.1) is 0 Å². The maximum Gasteiger partial charge on any atom is 0.407 e. The highest BCUT2D eigenvalue weighted by atomic mass is 16.6. The van der Waals surface area contributed by atoms with Crippen LogP contribution in [0.5, 0.6) is 0 Å². The summed E-state index contributed by atoms with van der Waals surface area (Å²) in [5.41, 5.74) is 1.45. The fraction of sp³-hybridized carbons (Fsp3) is 0.556. The van der Waals surface area contributed by atoms with E-state index in [4.69, 9.17) is 4.74 Å². The third-order valence-corrected chi connectivity index (χ3v) is 4.02. The number of rotatable bonds is 3. The van der Waals surface area contributed by atoms with E-state index in [2.05, 4.69) is 11.4 Å². The van der Waals surface area contributed by atoms with Crippen molar-refractivity contribution in [3.63, 3.8) is 0 Å². The van der Waals surface area contributed by atoms with E-state index < -0.39 is 11.7 Å². The summed E-state index contributed by atoms with van der Waals surface area (Å²) in [5.74, 6) is 0.257. The third-order valence-electron chi connectivity index (χ3n) is 4.02. The minimum Gasteiger partial charge on any atom is -0.444 e. The molecule has 1 aromatic carbocycles. The Kier molecular flexibility index (Phi) is 4.59. The van der Waals surface area contributed by atoms with Crippen molar-refractivity contribution in [3.8, 4) is 0 Å². The van der Waals surface area contributed by atoms with E-state index in [0.29, 0.717) is 19.4 Å². The van der Waals surface area contributed by atoms with Gasteiger partial charge in [-0.2, -0.15) is 0 Å². The van der Waals surface area contributed by atoms with Gasteiger partial charge >= 0.3 is 6.09 Å². The minimum absolute atomic E-state index is 0.257. The molecule has 2 rings (SSSR count). The van der Waals surface area contributed by atoms with Gasteiger partial charge in [-0.3, -0.25) is 4.79 Å². The van der Waals surface area contributed by atoms with Crippen LogP contribution in [0.4, 0.5) is 4.79 Å². The zero-order valence-electron chi connectivity index (χ0n) is 13.9. The van der Waals surface area contributed by atoms with Crippen LogP contribution >= 0.6 is 0 Å². The molecule has 120 valence electrons. The summed E-state index contributed by atoms with van der Waals surface area (Å²) in [4.78, 5) is 23.8. The molecular weight excluding hydrogens is 278 g/mol. The molecule has 0 bridgehead atoms. The number of carbonyl (C=O) groups excluding carboxylic acids is 2. The highest BCUT2D eigenvalue weighted by Crippen LogP contribution is 2.39. The molecule has 4 heteroatoms. The second kappa shape index (κ2) is 6.11. The molecule has 1 aromatic rings. The first-order chi connectivity index (χ1) is 10.2. The van der Waals surface area contributed by atoms with Crippen molar-refractivity contribution < 1.29 is 14.3 Å². The van der Waals surface area contributed by atoms with Crippen LogP contribution in [0.1, 0.15) is 51.2 Å². The van der Waals surface area contributed by atoms with Crippen LogP contribution in [0.25, 0.3) is 0 Å². The summed E-state index contributed by atoms with van der Waals surface area (Å²) in [6.07, 6.45) is 1.39. The Morgan fingerprint density at radius 3 is 2.64 bits per heavy atom. The van der Waals surface area contributed by atoms with E-state index in [9.17, 15) is 9.59 Å². The number of Topliss-reactive ketones (excluding diaryl/α,β-unsaturated/α-hetero) is 1.